The van der Waals surface area contributed by atoms with Gasteiger partial charge in [0.1, 0.15) is 12.2 Å². The second-order valence-corrected chi connectivity index (χ2v) is 8.84. The van der Waals surface area contributed by atoms with Gasteiger partial charge in [-0.3, -0.25) is 23.7 Å². The highest BCUT2D eigenvalue weighted by Gasteiger charge is 2.12. The molecule has 0 spiro atoms. The number of rotatable bonds is 9. The second-order valence-electron chi connectivity index (χ2n) is 8.84. The Balaban J connectivity index is 1.15. The van der Waals surface area contributed by atoms with Crippen LogP contribution in [0.1, 0.15) is 20.8 Å². The van der Waals surface area contributed by atoms with Crippen LogP contribution in [0.3, 0.4) is 0 Å². The Bertz CT molecular complexity index is 1640. The molecular formula is C28H26N8O3. The molecule has 3 amide bonds. The predicted molar refractivity (Wildman–Crippen MR) is 146 cm³/mol. The number of nitrogens with zero attached hydrogens (tertiary/aromatic N) is 5. The van der Waals surface area contributed by atoms with Crippen molar-refractivity contribution in [2.75, 3.05) is 18.4 Å². The molecule has 5 aromatic rings. The van der Waals surface area contributed by atoms with Crippen LogP contribution in [0.5, 0.6) is 0 Å². The van der Waals surface area contributed by atoms with Gasteiger partial charge in [-0.1, -0.05) is 24.3 Å². The lowest BCUT2D eigenvalue weighted by atomic mass is 10.2. The van der Waals surface area contributed by atoms with Gasteiger partial charge in [-0.2, -0.15) is 10.2 Å². The minimum absolute atomic E-state index is 0.0219. The molecule has 0 aliphatic carbocycles. The topological polar surface area (TPSA) is 136 Å². The van der Waals surface area contributed by atoms with Crippen molar-refractivity contribution in [1.82, 2.24) is 35.2 Å². The number of aryl methyl sites for hydroxylation is 1. The van der Waals surface area contributed by atoms with E-state index < -0.39 is 0 Å². The Morgan fingerprint density at radius 2 is 1.69 bits per heavy atom. The summed E-state index contributed by atoms with van der Waals surface area (Å²) >= 11 is 0. The van der Waals surface area contributed by atoms with Gasteiger partial charge in [0.05, 0.1) is 17.4 Å². The first-order valence-corrected chi connectivity index (χ1v) is 12.3. The molecule has 0 unspecified atom stereocenters. The van der Waals surface area contributed by atoms with Gasteiger partial charge >= 0.3 is 0 Å². The number of fused-ring (bicyclic) bond motifs is 1. The van der Waals surface area contributed by atoms with Gasteiger partial charge in [0.15, 0.2) is 0 Å². The first-order valence-electron chi connectivity index (χ1n) is 12.3. The van der Waals surface area contributed by atoms with Crippen molar-refractivity contribution < 1.29 is 14.4 Å². The van der Waals surface area contributed by atoms with E-state index >= 15 is 0 Å². The van der Waals surface area contributed by atoms with Crippen molar-refractivity contribution in [2.24, 2.45) is 7.05 Å². The number of aromatic nitrogens is 5. The van der Waals surface area contributed by atoms with E-state index in [-0.39, 0.29) is 30.0 Å². The van der Waals surface area contributed by atoms with Gasteiger partial charge in [0, 0.05) is 54.7 Å². The molecule has 5 rings (SSSR count). The maximum atomic E-state index is 12.8. The number of anilines is 1. The summed E-state index contributed by atoms with van der Waals surface area (Å²) in [7, 11) is 1.82. The van der Waals surface area contributed by atoms with E-state index in [1.165, 1.54) is 4.68 Å². The zero-order valence-electron chi connectivity index (χ0n) is 21.2. The summed E-state index contributed by atoms with van der Waals surface area (Å²) < 4.78 is 3.21. The van der Waals surface area contributed by atoms with E-state index in [1.54, 1.807) is 71.7 Å². The highest BCUT2D eigenvalue weighted by atomic mass is 16.2. The van der Waals surface area contributed by atoms with Gasteiger partial charge in [-0.05, 0) is 42.5 Å². The van der Waals surface area contributed by atoms with Crippen LogP contribution >= 0.6 is 0 Å². The summed E-state index contributed by atoms with van der Waals surface area (Å²) in [6.45, 7) is 0.627. The predicted octanol–water partition coefficient (Wildman–Crippen LogP) is 2.63. The molecular weight excluding hydrogens is 496 g/mol. The van der Waals surface area contributed by atoms with Gasteiger partial charge in [-0.25, -0.2) is 4.98 Å². The van der Waals surface area contributed by atoms with Crippen LogP contribution in [-0.2, 0) is 18.4 Å². The van der Waals surface area contributed by atoms with E-state index in [1.807, 2.05) is 25.4 Å². The third-order valence-corrected chi connectivity index (χ3v) is 5.87. The molecule has 0 bridgehead atoms. The van der Waals surface area contributed by atoms with Crippen LogP contribution in [0.25, 0.3) is 22.2 Å². The van der Waals surface area contributed by atoms with E-state index in [0.29, 0.717) is 35.6 Å². The molecule has 196 valence electrons. The number of pyridine rings is 1. The molecule has 0 fully saturated rings. The van der Waals surface area contributed by atoms with Crippen molar-refractivity contribution in [3.8, 4) is 11.3 Å². The Morgan fingerprint density at radius 3 is 2.49 bits per heavy atom. The van der Waals surface area contributed by atoms with Crippen molar-refractivity contribution >= 4 is 34.3 Å². The number of hydrogen-bond acceptors (Lipinski definition) is 6. The lowest BCUT2D eigenvalue weighted by molar-refractivity contribution is -0.121. The van der Waals surface area contributed by atoms with Gasteiger partial charge in [0.2, 0.25) is 5.91 Å². The molecule has 3 aromatic heterocycles. The molecule has 39 heavy (non-hydrogen) atoms. The molecule has 11 heteroatoms. The minimum atomic E-state index is -0.341. The smallest absolute Gasteiger partial charge is 0.274 e. The lowest BCUT2D eigenvalue weighted by Gasteiger charge is -2.07. The molecule has 0 saturated carbocycles. The number of carbonyl (C=O) groups is 3. The highest BCUT2D eigenvalue weighted by Crippen LogP contribution is 2.20. The molecule has 11 nitrogen and oxygen atoms in total. The zero-order valence-corrected chi connectivity index (χ0v) is 21.2. The molecule has 0 aliphatic heterocycles. The molecule has 3 heterocycles. The summed E-state index contributed by atoms with van der Waals surface area (Å²) in [5.74, 6) is -0.765. The van der Waals surface area contributed by atoms with Gasteiger partial charge in [0.25, 0.3) is 11.8 Å². The summed E-state index contributed by atoms with van der Waals surface area (Å²) in [5.41, 5.74) is 3.60. The van der Waals surface area contributed by atoms with E-state index in [4.69, 9.17) is 0 Å². The zero-order chi connectivity index (χ0) is 27.2. The van der Waals surface area contributed by atoms with Crippen LogP contribution in [0.2, 0.25) is 0 Å². The fourth-order valence-electron chi connectivity index (χ4n) is 3.98. The number of benzene rings is 2. The quantitative estimate of drug-likeness (QED) is 0.255. The Hall–Kier alpha value is -5.32. The summed E-state index contributed by atoms with van der Waals surface area (Å²) in [6, 6.07) is 19.5. The average Bonchev–Trinajstić information content (AvgIpc) is 3.56. The fraction of sp³-hybridized carbons (Fsp3) is 0.143. The van der Waals surface area contributed by atoms with Crippen molar-refractivity contribution in [1.29, 1.82) is 0 Å². The third-order valence-electron chi connectivity index (χ3n) is 5.87. The normalized spacial score (nSPS) is 10.8. The van der Waals surface area contributed by atoms with Crippen LogP contribution < -0.4 is 16.0 Å². The number of hydrogen-bond donors (Lipinski definition) is 3. The molecule has 0 atom stereocenters. The minimum Gasteiger partial charge on any atom is -0.353 e. The van der Waals surface area contributed by atoms with Crippen LogP contribution in [0.15, 0.2) is 85.3 Å². The van der Waals surface area contributed by atoms with Gasteiger partial charge in [-0.15, -0.1) is 0 Å². The number of amides is 3. The third kappa shape index (κ3) is 6.34. The van der Waals surface area contributed by atoms with Gasteiger partial charge < -0.3 is 16.0 Å². The van der Waals surface area contributed by atoms with Crippen LogP contribution in [0.4, 0.5) is 5.69 Å². The fourth-order valence-corrected chi connectivity index (χ4v) is 3.98. The van der Waals surface area contributed by atoms with E-state index in [9.17, 15) is 14.4 Å². The maximum absolute atomic E-state index is 12.8. The largest absolute Gasteiger partial charge is 0.353 e. The van der Waals surface area contributed by atoms with Crippen LogP contribution in [0, 0.1) is 0 Å². The Kier molecular flexibility index (Phi) is 7.39. The molecule has 0 radical (unpaired) electrons. The Morgan fingerprint density at radius 1 is 0.872 bits per heavy atom. The molecule has 2 aromatic carbocycles. The van der Waals surface area contributed by atoms with Crippen molar-refractivity contribution in [2.45, 2.75) is 6.54 Å². The standard InChI is InChI=1S/C28H26N8O3/c1-35-16-21(15-31-35)23-8-5-9-25(33-23)28(39)32-22-10-11-24-20(14-22)17-36(34-24)18-26(37)29-12-13-30-27(38)19-6-3-2-4-7-19/h2-11,14-17H,12-13,18H2,1H3,(H,29,37)(H,30,38)(H,32,39). The van der Waals surface area contributed by atoms with E-state index in [2.05, 4.69) is 31.1 Å². The van der Waals surface area contributed by atoms with Crippen molar-refractivity contribution in [3.05, 3.63) is 96.6 Å². The van der Waals surface area contributed by atoms with Crippen molar-refractivity contribution in [3.63, 3.8) is 0 Å². The Labute approximate surface area is 223 Å². The molecule has 0 saturated heterocycles. The van der Waals surface area contributed by atoms with E-state index in [0.717, 1.165) is 10.9 Å². The van der Waals surface area contributed by atoms with Crippen LogP contribution in [-0.4, -0.2) is 55.4 Å². The first kappa shape index (κ1) is 25.3. The maximum Gasteiger partial charge on any atom is 0.274 e. The lowest BCUT2D eigenvalue weighted by Crippen LogP contribution is -2.36. The number of carbonyl (C=O) groups excluding carboxylic acids is 3. The SMILES string of the molecule is Cn1cc(-c2cccc(C(=O)Nc3ccc4nn(CC(=O)NCCNC(=O)c5ccccc5)cc4c3)n2)cn1. The second kappa shape index (κ2) is 11.4. The first-order chi connectivity index (χ1) is 18.9. The monoisotopic (exact) mass is 522 g/mol. The summed E-state index contributed by atoms with van der Waals surface area (Å²) in [4.78, 5) is 41.7. The summed E-state index contributed by atoms with van der Waals surface area (Å²) in [5, 5.41) is 17.8. The molecule has 0 aliphatic rings. The highest BCUT2D eigenvalue weighted by molar-refractivity contribution is 6.04. The molecule has 3 N–H and O–H groups in total. The number of nitrogens with one attached hydrogen (secondary N) is 3. The average molecular weight is 523 g/mol. The summed E-state index contributed by atoms with van der Waals surface area (Å²) in [6.07, 6.45) is 5.27.